The standard InChI is InChI=1S/C17H28N4O.HI/c1-13-7-6-8-14(11-13)12-21-16(18-5)20-10-9-19-15(22)17(2,3)4;/h6-8,11H,9-10,12H2,1-5H3,(H,19,22)(H2,18,20,21);1H. The molecule has 0 unspecified atom stereocenters. The van der Waals surface area contributed by atoms with Crippen molar-refractivity contribution in [1.82, 2.24) is 16.0 Å². The molecule has 1 aromatic rings. The van der Waals surface area contributed by atoms with Gasteiger partial charge in [-0.1, -0.05) is 50.6 Å². The van der Waals surface area contributed by atoms with E-state index in [0.29, 0.717) is 13.1 Å². The number of guanidine groups is 1. The number of halogens is 1. The molecule has 6 heteroatoms. The largest absolute Gasteiger partial charge is 0.355 e. The van der Waals surface area contributed by atoms with Gasteiger partial charge >= 0.3 is 0 Å². The normalized spacial score (nSPS) is 11.4. The van der Waals surface area contributed by atoms with Crippen LogP contribution < -0.4 is 16.0 Å². The molecule has 0 aliphatic carbocycles. The molecule has 3 N–H and O–H groups in total. The summed E-state index contributed by atoms with van der Waals surface area (Å²) in [6.07, 6.45) is 0. The molecule has 0 saturated carbocycles. The van der Waals surface area contributed by atoms with Gasteiger partial charge in [0.2, 0.25) is 5.91 Å². The van der Waals surface area contributed by atoms with Crippen LogP contribution >= 0.6 is 24.0 Å². The van der Waals surface area contributed by atoms with E-state index in [1.807, 2.05) is 26.8 Å². The molecule has 1 aromatic carbocycles. The van der Waals surface area contributed by atoms with Gasteiger partial charge in [-0.2, -0.15) is 0 Å². The Hall–Kier alpha value is -1.31. The van der Waals surface area contributed by atoms with Crippen molar-refractivity contribution in [2.24, 2.45) is 10.4 Å². The Balaban J connectivity index is 0.00000484. The summed E-state index contributed by atoms with van der Waals surface area (Å²) in [4.78, 5) is 15.9. The van der Waals surface area contributed by atoms with Crippen molar-refractivity contribution in [3.8, 4) is 0 Å². The summed E-state index contributed by atoms with van der Waals surface area (Å²) in [6.45, 7) is 9.70. The van der Waals surface area contributed by atoms with E-state index in [1.165, 1.54) is 11.1 Å². The van der Waals surface area contributed by atoms with Crippen molar-refractivity contribution in [2.45, 2.75) is 34.2 Å². The van der Waals surface area contributed by atoms with E-state index in [0.717, 1.165) is 12.5 Å². The van der Waals surface area contributed by atoms with Crippen LogP contribution in [0.15, 0.2) is 29.3 Å². The number of nitrogens with zero attached hydrogens (tertiary/aromatic N) is 1. The number of rotatable bonds is 5. The molecule has 0 fully saturated rings. The fourth-order valence-corrected chi connectivity index (χ4v) is 1.85. The summed E-state index contributed by atoms with van der Waals surface area (Å²) in [6, 6.07) is 8.35. The Kier molecular flexibility index (Phi) is 9.87. The zero-order valence-corrected chi connectivity index (χ0v) is 17.0. The van der Waals surface area contributed by atoms with E-state index >= 15 is 0 Å². The highest BCUT2D eigenvalue weighted by Gasteiger charge is 2.20. The zero-order valence-electron chi connectivity index (χ0n) is 14.7. The maximum atomic E-state index is 11.7. The smallest absolute Gasteiger partial charge is 0.225 e. The summed E-state index contributed by atoms with van der Waals surface area (Å²) < 4.78 is 0. The highest BCUT2D eigenvalue weighted by atomic mass is 127. The number of hydrogen-bond donors (Lipinski definition) is 3. The topological polar surface area (TPSA) is 65.5 Å². The SMILES string of the molecule is CN=C(NCCNC(=O)C(C)(C)C)NCc1cccc(C)c1.I. The quantitative estimate of drug-likeness (QED) is 0.290. The molecule has 0 radical (unpaired) electrons. The minimum atomic E-state index is -0.356. The predicted octanol–water partition coefficient (Wildman–Crippen LogP) is 2.44. The summed E-state index contributed by atoms with van der Waals surface area (Å²) in [7, 11) is 1.74. The lowest BCUT2D eigenvalue weighted by molar-refractivity contribution is -0.128. The summed E-state index contributed by atoms with van der Waals surface area (Å²) in [5.74, 6) is 0.781. The highest BCUT2D eigenvalue weighted by Crippen LogP contribution is 2.11. The first-order chi connectivity index (χ1) is 10.3. The van der Waals surface area contributed by atoms with Crippen molar-refractivity contribution < 1.29 is 4.79 Å². The van der Waals surface area contributed by atoms with Gasteiger partial charge in [0.25, 0.3) is 0 Å². The number of hydrogen-bond acceptors (Lipinski definition) is 2. The minimum Gasteiger partial charge on any atom is -0.355 e. The van der Waals surface area contributed by atoms with Crippen LogP contribution in [0.25, 0.3) is 0 Å². The molecule has 0 atom stereocenters. The molecular weight excluding hydrogens is 403 g/mol. The molecule has 0 aliphatic rings. The van der Waals surface area contributed by atoms with Crippen LogP contribution in [0.2, 0.25) is 0 Å². The van der Waals surface area contributed by atoms with Crippen LogP contribution in [0.3, 0.4) is 0 Å². The third-order valence-corrected chi connectivity index (χ3v) is 3.15. The second-order valence-corrected chi connectivity index (χ2v) is 6.35. The Labute approximate surface area is 156 Å². The predicted molar refractivity (Wildman–Crippen MR) is 107 cm³/mol. The molecule has 23 heavy (non-hydrogen) atoms. The summed E-state index contributed by atoms with van der Waals surface area (Å²) in [5.41, 5.74) is 2.10. The van der Waals surface area contributed by atoms with E-state index in [4.69, 9.17) is 0 Å². The lowest BCUT2D eigenvalue weighted by Gasteiger charge is -2.18. The molecule has 5 nitrogen and oxygen atoms in total. The van der Waals surface area contributed by atoms with Crippen LogP contribution in [-0.4, -0.2) is 32.0 Å². The van der Waals surface area contributed by atoms with Crippen molar-refractivity contribution >= 4 is 35.8 Å². The van der Waals surface area contributed by atoms with E-state index in [9.17, 15) is 4.79 Å². The molecular formula is C17H29IN4O. The first-order valence-electron chi connectivity index (χ1n) is 7.61. The first-order valence-corrected chi connectivity index (χ1v) is 7.61. The molecule has 0 saturated heterocycles. The maximum Gasteiger partial charge on any atom is 0.225 e. The average Bonchev–Trinajstić information content (AvgIpc) is 2.45. The second kappa shape index (κ2) is 10.5. The zero-order chi connectivity index (χ0) is 16.6. The van der Waals surface area contributed by atoms with Crippen LogP contribution in [0.1, 0.15) is 31.9 Å². The number of amides is 1. The number of carbonyl (C=O) groups excluding carboxylic acids is 1. The van der Waals surface area contributed by atoms with E-state index < -0.39 is 0 Å². The molecule has 1 amide bonds. The monoisotopic (exact) mass is 432 g/mol. The summed E-state index contributed by atoms with van der Waals surface area (Å²) in [5, 5.41) is 9.34. The van der Waals surface area contributed by atoms with Gasteiger partial charge < -0.3 is 16.0 Å². The second-order valence-electron chi connectivity index (χ2n) is 6.35. The van der Waals surface area contributed by atoms with Crippen molar-refractivity contribution in [2.75, 3.05) is 20.1 Å². The Bertz CT molecular complexity index is 524. The lowest BCUT2D eigenvalue weighted by Crippen LogP contribution is -2.43. The van der Waals surface area contributed by atoms with Crippen molar-refractivity contribution in [1.29, 1.82) is 0 Å². The number of nitrogens with one attached hydrogen (secondary N) is 3. The molecule has 0 aliphatic heterocycles. The van der Waals surface area contributed by atoms with Gasteiger partial charge in [0.05, 0.1) is 0 Å². The highest BCUT2D eigenvalue weighted by molar-refractivity contribution is 14.0. The maximum absolute atomic E-state index is 11.7. The minimum absolute atomic E-state index is 0. The van der Waals surface area contributed by atoms with Gasteiger partial charge in [-0.05, 0) is 12.5 Å². The van der Waals surface area contributed by atoms with E-state index in [1.54, 1.807) is 7.05 Å². The summed E-state index contributed by atoms with van der Waals surface area (Å²) >= 11 is 0. The van der Waals surface area contributed by atoms with E-state index in [-0.39, 0.29) is 35.3 Å². The van der Waals surface area contributed by atoms with Crippen LogP contribution in [0, 0.1) is 12.3 Å². The number of aryl methyl sites for hydroxylation is 1. The molecule has 1 rings (SSSR count). The molecule has 0 spiro atoms. The van der Waals surface area contributed by atoms with Gasteiger partial charge in [-0.15, -0.1) is 24.0 Å². The van der Waals surface area contributed by atoms with Crippen molar-refractivity contribution in [3.05, 3.63) is 35.4 Å². The molecule has 0 heterocycles. The average molecular weight is 432 g/mol. The lowest BCUT2D eigenvalue weighted by atomic mass is 9.96. The number of aliphatic imine (C=N–C) groups is 1. The fraction of sp³-hybridized carbons (Fsp3) is 0.529. The Morgan fingerprint density at radius 2 is 1.78 bits per heavy atom. The van der Waals surface area contributed by atoms with Gasteiger partial charge in [0.15, 0.2) is 5.96 Å². The Morgan fingerprint density at radius 1 is 1.13 bits per heavy atom. The van der Waals surface area contributed by atoms with Crippen molar-refractivity contribution in [3.63, 3.8) is 0 Å². The molecule has 0 aromatic heterocycles. The number of benzene rings is 1. The fourth-order valence-electron chi connectivity index (χ4n) is 1.85. The van der Waals surface area contributed by atoms with Gasteiger partial charge in [0.1, 0.15) is 0 Å². The van der Waals surface area contributed by atoms with Gasteiger partial charge in [0, 0.05) is 32.1 Å². The van der Waals surface area contributed by atoms with Gasteiger partial charge in [-0.3, -0.25) is 9.79 Å². The first kappa shape index (κ1) is 21.7. The Morgan fingerprint density at radius 3 is 2.35 bits per heavy atom. The van der Waals surface area contributed by atoms with Crippen LogP contribution in [0.4, 0.5) is 0 Å². The number of carbonyl (C=O) groups is 1. The molecule has 0 bridgehead atoms. The third-order valence-electron chi connectivity index (χ3n) is 3.15. The van der Waals surface area contributed by atoms with Gasteiger partial charge in [-0.25, -0.2) is 0 Å². The van der Waals surface area contributed by atoms with Crippen LogP contribution in [-0.2, 0) is 11.3 Å². The van der Waals surface area contributed by atoms with Crippen LogP contribution in [0.5, 0.6) is 0 Å². The van der Waals surface area contributed by atoms with E-state index in [2.05, 4.69) is 46.1 Å². The molecule has 130 valence electrons. The third kappa shape index (κ3) is 8.78.